The monoisotopic (exact) mass is 483 g/mol. The molecule has 4 rings (SSSR count). The number of pyridine rings is 1. The van der Waals surface area contributed by atoms with E-state index >= 15 is 0 Å². The molecule has 0 radical (unpaired) electrons. The molecule has 2 heterocycles. The summed E-state index contributed by atoms with van der Waals surface area (Å²) in [5, 5.41) is 0. The van der Waals surface area contributed by atoms with Crippen molar-refractivity contribution in [3.05, 3.63) is 94.2 Å². The normalized spacial score (nSPS) is 12.6. The maximum Gasteiger partial charge on any atom is 0.433 e. The fourth-order valence-electron chi connectivity index (χ4n) is 3.98. The molecule has 0 spiro atoms. The lowest BCUT2D eigenvalue weighted by Crippen LogP contribution is -2.40. The number of anilines is 1. The molecule has 1 amide bonds. The fraction of sp³-hybridized carbons (Fsp3) is 0.240. The van der Waals surface area contributed by atoms with Gasteiger partial charge in [-0.2, -0.15) is 13.2 Å². The maximum absolute atomic E-state index is 13.5. The lowest BCUT2D eigenvalue weighted by molar-refractivity contribution is -0.141. The van der Waals surface area contributed by atoms with E-state index in [0.717, 1.165) is 12.3 Å². The molecular formula is C25H24F3N5O2. The Labute approximate surface area is 199 Å². The summed E-state index contributed by atoms with van der Waals surface area (Å²) in [6.07, 6.45) is -3.11. The van der Waals surface area contributed by atoms with Crippen LogP contribution >= 0.6 is 0 Å². The zero-order valence-electron chi connectivity index (χ0n) is 19.2. The fourth-order valence-corrected chi connectivity index (χ4v) is 3.98. The lowest BCUT2D eigenvalue weighted by atomic mass is 10.1. The zero-order valence-corrected chi connectivity index (χ0v) is 19.2. The van der Waals surface area contributed by atoms with Gasteiger partial charge in [0.2, 0.25) is 5.91 Å². The Morgan fingerprint density at radius 1 is 1.03 bits per heavy atom. The average Bonchev–Trinajstić information content (AvgIpc) is 3.07. The van der Waals surface area contributed by atoms with Crippen LogP contribution in [0.4, 0.5) is 18.9 Å². The smallest absolute Gasteiger partial charge is 0.316 e. The molecule has 7 nitrogen and oxygen atoms in total. The van der Waals surface area contributed by atoms with E-state index in [-0.39, 0.29) is 24.6 Å². The minimum absolute atomic E-state index is 0.151. The number of amides is 1. The van der Waals surface area contributed by atoms with Gasteiger partial charge in [0.05, 0.1) is 11.0 Å². The van der Waals surface area contributed by atoms with Crippen molar-refractivity contribution in [3.8, 4) is 0 Å². The van der Waals surface area contributed by atoms with Gasteiger partial charge in [0.25, 0.3) is 0 Å². The molecule has 0 saturated carbocycles. The Morgan fingerprint density at radius 3 is 2.34 bits per heavy atom. The summed E-state index contributed by atoms with van der Waals surface area (Å²) in [7, 11) is 3.31. The first kappa shape index (κ1) is 24.2. The topological polar surface area (TPSA) is 86.2 Å². The second-order valence-corrected chi connectivity index (χ2v) is 8.25. The molecule has 1 unspecified atom stereocenters. The number of aromatic nitrogens is 3. The van der Waals surface area contributed by atoms with Gasteiger partial charge < -0.3 is 10.6 Å². The number of hydrogen-bond acceptors (Lipinski definition) is 4. The predicted molar refractivity (Wildman–Crippen MR) is 127 cm³/mol. The first-order valence-electron chi connectivity index (χ1n) is 10.9. The van der Waals surface area contributed by atoms with Gasteiger partial charge >= 0.3 is 11.9 Å². The largest absolute Gasteiger partial charge is 0.433 e. The average molecular weight is 483 g/mol. The maximum atomic E-state index is 13.5. The van der Waals surface area contributed by atoms with Crippen LogP contribution in [0.1, 0.15) is 22.9 Å². The summed E-state index contributed by atoms with van der Waals surface area (Å²) < 4.78 is 41.5. The zero-order chi connectivity index (χ0) is 25.3. The van der Waals surface area contributed by atoms with Gasteiger partial charge in [-0.25, -0.2) is 4.79 Å². The van der Waals surface area contributed by atoms with Gasteiger partial charge in [0, 0.05) is 32.5 Å². The highest BCUT2D eigenvalue weighted by Gasteiger charge is 2.32. The van der Waals surface area contributed by atoms with Crippen molar-refractivity contribution in [1.82, 2.24) is 14.1 Å². The van der Waals surface area contributed by atoms with E-state index in [1.807, 2.05) is 6.07 Å². The van der Waals surface area contributed by atoms with E-state index < -0.39 is 17.9 Å². The quantitative estimate of drug-likeness (QED) is 0.454. The Hall–Kier alpha value is -3.92. The number of halogens is 3. The highest BCUT2D eigenvalue weighted by Crippen LogP contribution is 2.28. The SMILES string of the molecule is Cn1c(=O)n(C)c2cc(N(CCc3ccc(C(F)(F)F)nc3)C(=O)C(N)c3ccccc3)ccc21. The number of benzene rings is 2. The third kappa shape index (κ3) is 4.83. The Kier molecular flexibility index (Phi) is 6.49. The van der Waals surface area contributed by atoms with E-state index in [0.29, 0.717) is 27.8 Å². The van der Waals surface area contributed by atoms with E-state index in [1.54, 1.807) is 56.6 Å². The summed E-state index contributed by atoms with van der Waals surface area (Å²) in [5.41, 5.74) is 8.15. The lowest BCUT2D eigenvalue weighted by Gasteiger charge is -2.26. The number of alkyl halides is 3. The molecule has 35 heavy (non-hydrogen) atoms. The molecule has 10 heteroatoms. The third-order valence-electron chi connectivity index (χ3n) is 6.00. The molecular weight excluding hydrogens is 459 g/mol. The highest BCUT2D eigenvalue weighted by molar-refractivity contribution is 5.99. The number of nitrogens with two attached hydrogens (primary N) is 1. The van der Waals surface area contributed by atoms with E-state index in [1.165, 1.54) is 20.1 Å². The van der Waals surface area contributed by atoms with Gasteiger partial charge in [-0.05, 0) is 41.8 Å². The molecule has 0 aliphatic rings. The van der Waals surface area contributed by atoms with Crippen molar-refractivity contribution in [2.45, 2.75) is 18.6 Å². The number of carbonyl (C=O) groups excluding carboxylic acids is 1. The molecule has 0 aliphatic carbocycles. The molecule has 2 aromatic heterocycles. The van der Waals surface area contributed by atoms with Crippen LogP contribution in [-0.4, -0.2) is 26.6 Å². The number of imidazole rings is 1. The van der Waals surface area contributed by atoms with Gasteiger partial charge in [0.1, 0.15) is 11.7 Å². The highest BCUT2D eigenvalue weighted by atomic mass is 19.4. The van der Waals surface area contributed by atoms with Crippen molar-refractivity contribution in [3.63, 3.8) is 0 Å². The van der Waals surface area contributed by atoms with Crippen molar-refractivity contribution < 1.29 is 18.0 Å². The molecule has 4 aromatic rings. The standard InChI is InChI=1S/C25H24F3N5O2/c1-31-19-10-9-18(14-20(19)32(2)24(31)35)33(23(34)22(29)17-6-4-3-5-7-17)13-12-16-8-11-21(30-15-16)25(26,27)28/h3-11,14-15,22H,12-13,29H2,1-2H3. The van der Waals surface area contributed by atoms with Gasteiger partial charge in [0.15, 0.2) is 0 Å². The summed E-state index contributed by atoms with van der Waals surface area (Å²) in [6, 6.07) is 15.4. The molecule has 182 valence electrons. The predicted octanol–water partition coefficient (Wildman–Crippen LogP) is 3.57. The van der Waals surface area contributed by atoms with E-state index in [2.05, 4.69) is 4.98 Å². The molecule has 0 aliphatic heterocycles. The number of carbonyl (C=O) groups is 1. The number of fused-ring (bicyclic) bond motifs is 1. The van der Waals surface area contributed by atoms with Crippen molar-refractivity contribution in [2.24, 2.45) is 19.8 Å². The van der Waals surface area contributed by atoms with Crippen LogP contribution < -0.4 is 16.3 Å². The summed E-state index contributed by atoms with van der Waals surface area (Å²) >= 11 is 0. The van der Waals surface area contributed by atoms with E-state index in [4.69, 9.17) is 5.73 Å². The Balaban J connectivity index is 1.68. The minimum Gasteiger partial charge on any atom is -0.316 e. The molecule has 0 fully saturated rings. The van der Waals surface area contributed by atoms with E-state index in [9.17, 15) is 22.8 Å². The first-order valence-corrected chi connectivity index (χ1v) is 10.9. The van der Waals surface area contributed by atoms with Gasteiger partial charge in [-0.15, -0.1) is 0 Å². The second kappa shape index (κ2) is 9.38. The number of aryl methyl sites for hydroxylation is 2. The van der Waals surface area contributed by atoms with Crippen molar-refractivity contribution in [1.29, 1.82) is 0 Å². The summed E-state index contributed by atoms with van der Waals surface area (Å²) in [5.74, 6) is -0.378. The molecule has 0 saturated heterocycles. The van der Waals surface area contributed by atoms with Crippen LogP contribution in [-0.2, 0) is 31.5 Å². The summed E-state index contributed by atoms with van der Waals surface area (Å²) in [6.45, 7) is 0.151. The molecule has 0 bridgehead atoms. The first-order chi connectivity index (χ1) is 16.6. The molecule has 2 aromatic carbocycles. The van der Waals surface area contributed by atoms with Crippen LogP contribution in [0.3, 0.4) is 0 Å². The van der Waals surface area contributed by atoms with Crippen molar-refractivity contribution >= 4 is 22.6 Å². The molecule has 2 N–H and O–H groups in total. The Morgan fingerprint density at radius 2 is 1.71 bits per heavy atom. The van der Waals surface area contributed by atoms with Crippen LogP contribution in [0.2, 0.25) is 0 Å². The van der Waals surface area contributed by atoms with Gasteiger partial charge in [-0.3, -0.25) is 18.9 Å². The van der Waals surface area contributed by atoms with Crippen LogP contribution in [0.25, 0.3) is 11.0 Å². The van der Waals surface area contributed by atoms with Crippen LogP contribution in [0, 0.1) is 0 Å². The minimum atomic E-state index is -4.52. The second-order valence-electron chi connectivity index (χ2n) is 8.25. The molecule has 1 atom stereocenters. The van der Waals surface area contributed by atoms with Crippen molar-refractivity contribution in [2.75, 3.05) is 11.4 Å². The number of nitrogens with zero attached hydrogens (tertiary/aromatic N) is 4. The number of hydrogen-bond donors (Lipinski definition) is 1. The van der Waals surface area contributed by atoms with Crippen LogP contribution in [0.5, 0.6) is 0 Å². The number of rotatable bonds is 6. The van der Waals surface area contributed by atoms with Crippen LogP contribution in [0.15, 0.2) is 71.7 Å². The van der Waals surface area contributed by atoms with Gasteiger partial charge in [-0.1, -0.05) is 36.4 Å². The summed E-state index contributed by atoms with van der Waals surface area (Å²) in [4.78, 5) is 30.8. The third-order valence-corrected chi connectivity index (χ3v) is 6.00. The Bertz CT molecular complexity index is 1410.